The van der Waals surface area contributed by atoms with E-state index in [1.165, 1.54) is 18.5 Å². The summed E-state index contributed by atoms with van der Waals surface area (Å²) in [6.45, 7) is 0.913. The lowest BCUT2D eigenvalue weighted by Crippen LogP contribution is -2.46. The van der Waals surface area contributed by atoms with Crippen LogP contribution in [0.15, 0.2) is 33.9 Å². The van der Waals surface area contributed by atoms with E-state index in [0.29, 0.717) is 31.7 Å². The molecular formula is C18H23N5O5. The predicted octanol–water partition coefficient (Wildman–Crippen LogP) is -0.287. The van der Waals surface area contributed by atoms with Crippen LogP contribution in [0.2, 0.25) is 0 Å². The Morgan fingerprint density at radius 3 is 2.93 bits per heavy atom. The molecule has 28 heavy (non-hydrogen) atoms. The van der Waals surface area contributed by atoms with Crippen LogP contribution in [-0.4, -0.2) is 52.5 Å². The van der Waals surface area contributed by atoms with Crippen molar-refractivity contribution in [3.63, 3.8) is 0 Å². The molecule has 3 heterocycles. The number of H-pyrrole nitrogens is 1. The van der Waals surface area contributed by atoms with Crippen molar-refractivity contribution in [1.82, 2.24) is 26.0 Å². The summed E-state index contributed by atoms with van der Waals surface area (Å²) in [4.78, 5) is 35.1. The zero-order valence-electron chi connectivity index (χ0n) is 15.3. The number of aryl methyl sites for hydroxylation is 1. The summed E-state index contributed by atoms with van der Waals surface area (Å²) in [7, 11) is 0. The van der Waals surface area contributed by atoms with E-state index in [9.17, 15) is 14.4 Å². The summed E-state index contributed by atoms with van der Waals surface area (Å²) >= 11 is 0. The zero-order valence-corrected chi connectivity index (χ0v) is 15.3. The van der Waals surface area contributed by atoms with Gasteiger partial charge in [0, 0.05) is 43.7 Å². The monoisotopic (exact) mass is 389 g/mol. The molecule has 1 aliphatic heterocycles. The van der Waals surface area contributed by atoms with Crippen LogP contribution in [0.1, 0.15) is 30.5 Å². The lowest BCUT2D eigenvalue weighted by Gasteiger charge is -2.30. The quantitative estimate of drug-likeness (QED) is 0.564. The average Bonchev–Trinajstić information content (AvgIpc) is 3.19. The Labute approximate surface area is 161 Å². The van der Waals surface area contributed by atoms with E-state index in [2.05, 4.69) is 26.0 Å². The second-order valence-electron chi connectivity index (χ2n) is 6.71. The van der Waals surface area contributed by atoms with Crippen molar-refractivity contribution in [3.8, 4) is 0 Å². The molecule has 10 nitrogen and oxygen atoms in total. The van der Waals surface area contributed by atoms with Crippen LogP contribution < -0.4 is 16.2 Å². The van der Waals surface area contributed by atoms with Crippen molar-refractivity contribution >= 4 is 11.8 Å². The maximum absolute atomic E-state index is 12.1. The van der Waals surface area contributed by atoms with Crippen LogP contribution in [-0.2, 0) is 27.2 Å². The zero-order chi connectivity index (χ0) is 19.8. The largest absolute Gasteiger partial charge is 0.376 e. The maximum Gasteiger partial charge on any atom is 0.264 e. The number of ether oxygens (including phenoxy) is 1. The van der Waals surface area contributed by atoms with Crippen molar-refractivity contribution < 1.29 is 18.8 Å². The van der Waals surface area contributed by atoms with Crippen LogP contribution >= 0.6 is 0 Å². The minimum atomic E-state index is -0.272. The molecule has 2 amide bonds. The van der Waals surface area contributed by atoms with Gasteiger partial charge >= 0.3 is 0 Å². The topological polar surface area (TPSA) is 139 Å². The Balaban J connectivity index is 1.35. The van der Waals surface area contributed by atoms with E-state index >= 15 is 0 Å². The number of aromatic amines is 1. The Morgan fingerprint density at radius 1 is 1.29 bits per heavy atom. The molecular weight excluding hydrogens is 366 g/mol. The van der Waals surface area contributed by atoms with Crippen LogP contribution in [0.5, 0.6) is 0 Å². The highest BCUT2D eigenvalue weighted by Crippen LogP contribution is 2.14. The van der Waals surface area contributed by atoms with Gasteiger partial charge in [0.2, 0.25) is 11.8 Å². The number of rotatable bonds is 8. The van der Waals surface area contributed by atoms with Crippen LogP contribution in [0, 0.1) is 0 Å². The van der Waals surface area contributed by atoms with E-state index < -0.39 is 0 Å². The highest BCUT2D eigenvalue weighted by Gasteiger charge is 2.24. The molecule has 0 spiro atoms. The molecule has 0 saturated carbocycles. The first-order valence-electron chi connectivity index (χ1n) is 9.19. The summed E-state index contributed by atoms with van der Waals surface area (Å²) in [5.41, 5.74) is 1.11. The molecule has 0 aliphatic carbocycles. The number of aromatic nitrogens is 3. The van der Waals surface area contributed by atoms with Gasteiger partial charge in [0.15, 0.2) is 0 Å². The SMILES string of the molecule is O=C(CCc1ccc(=O)[nH]n1)NC[C@@H]1C[C@@H](NC(=O)Cc2cnoc2)CCO1. The van der Waals surface area contributed by atoms with Crippen molar-refractivity contribution in [1.29, 1.82) is 0 Å². The first-order chi connectivity index (χ1) is 13.6. The van der Waals surface area contributed by atoms with Gasteiger partial charge in [-0.1, -0.05) is 5.16 Å². The van der Waals surface area contributed by atoms with Crippen LogP contribution in [0.4, 0.5) is 0 Å². The Bertz CT molecular complexity index is 815. The number of carbonyl (C=O) groups is 2. The normalized spacial score (nSPS) is 19.1. The fourth-order valence-corrected chi connectivity index (χ4v) is 3.00. The van der Waals surface area contributed by atoms with Crippen molar-refractivity contribution in [2.75, 3.05) is 13.2 Å². The van der Waals surface area contributed by atoms with Crippen LogP contribution in [0.25, 0.3) is 0 Å². The predicted molar refractivity (Wildman–Crippen MR) is 97.3 cm³/mol. The molecule has 1 fully saturated rings. The summed E-state index contributed by atoms with van der Waals surface area (Å²) in [5, 5.41) is 15.6. The molecule has 0 bridgehead atoms. The van der Waals surface area contributed by atoms with Gasteiger partial charge in [-0.15, -0.1) is 0 Å². The Hall–Kier alpha value is -3.01. The van der Waals surface area contributed by atoms with Gasteiger partial charge in [-0.3, -0.25) is 14.4 Å². The standard InChI is InChI=1S/C18H23N5O5/c24-16(3-1-13-2-4-17(25)23-22-13)19-10-15-8-14(5-6-27-15)21-18(26)7-12-9-20-28-11-12/h2,4,9,11,14-15H,1,3,5-8,10H2,(H,19,24)(H,21,26)(H,23,25)/t14-,15-/m0/s1. The molecule has 1 saturated heterocycles. The van der Waals surface area contributed by atoms with Crippen molar-refractivity contribution in [2.24, 2.45) is 0 Å². The minimum Gasteiger partial charge on any atom is -0.376 e. The second kappa shape index (κ2) is 9.79. The molecule has 150 valence electrons. The number of hydrogen-bond donors (Lipinski definition) is 3. The molecule has 2 atom stereocenters. The minimum absolute atomic E-state index is 0.00774. The molecule has 0 aromatic carbocycles. The highest BCUT2D eigenvalue weighted by atomic mass is 16.5. The van der Waals surface area contributed by atoms with Crippen molar-refractivity contribution in [3.05, 3.63) is 46.2 Å². The number of nitrogens with zero attached hydrogens (tertiary/aromatic N) is 2. The molecule has 0 radical (unpaired) electrons. The third-order valence-corrected chi connectivity index (χ3v) is 4.45. The Kier molecular flexibility index (Phi) is 6.90. The summed E-state index contributed by atoms with van der Waals surface area (Å²) in [6.07, 6.45) is 5.12. The molecule has 2 aromatic rings. The third-order valence-electron chi connectivity index (χ3n) is 4.45. The van der Waals surface area contributed by atoms with Gasteiger partial charge in [0.1, 0.15) is 6.26 Å². The van der Waals surface area contributed by atoms with Crippen LogP contribution in [0.3, 0.4) is 0 Å². The molecule has 2 aromatic heterocycles. The summed E-state index contributed by atoms with van der Waals surface area (Å²) in [5.74, 6) is -0.207. The fourth-order valence-electron chi connectivity index (χ4n) is 3.00. The van der Waals surface area contributed by atoms with Gasteiger partial charge in [-0.05, 0) is 18.9 Å². The molecule has 1 aliphatic rings. The molecule has 3 N–H and O–H groups in total. The van der Waals surface area contributed by atoms with Gasteiger partial charge in [0.25, 0.3) is 5.56 Å². The van der Waals surface area contributed by atoms with Gasteiger partial charge in [0.05, 0.1) is 24.4 Å². The van der Waals surface area contributed by atoms with E-state index in [1.807, 2.05) is 0 Å². The van der Waals surface area contributed by atoms with Gasteiger partial charge in [-0.2, -0.15) is 5.10 Å². The first kappa shape index (κ1) is 19.7. The molecule has 0 unspecified atom stereocenters. The van der Waals surface area contributed by atoms with E-state index in [0.717, 1.165) is 12.0 Å². The summed E-state index contributed by atoms with van der Waals surface area (Å²) < 4.78 is 10.4. The average molecular weight is 389 g/mol. The lowest BCUT2D eigenvalue weighted by molar-refractivity contribution is -0.124. The molecule has 10 heteroatoms. The molecule has 3 rings (SSSR count). The van der Waals surface area contributed by atoms with Crippen molar-refractivity contribution in [2.45, 2.75) is 44.2 Å². The fraction of sp³-hybridized carbons (Fsp3) is 0.500. The van der Waals surface area contributed by atoms with Gasteiger partial charge in [-0.25, -0.2) is 5.10 Å². The van der Waals surface area contributed by atoms with Gasteiger partial charge < -0.3 is 19.9 Å². The first-order valence-corrected chi connectivity index (χ1v) is 9.19. The second-order valence-corrected chi connectivity index (χ2v) is 6.71. The van der Waals surface area contributed by atoms with E-state index in [1.54, 1.807) is 6.07 Å². The lowest BCUT2D eigenvalue weighted by atomic mass is 10.0. The Morgan fingerprint density at radius 2 is 2.18 bits per heavy atom. The third kappa shape index (κ3) is 6.31. The number of hydrogen-bond acceptors (Lipinski definition) is 7. The van der Waals surface area contributed by atoms with E-state index in [4.69, 9.17) is 9.26 Å². The van der Waals surface area contributed by atoms with E-state index in [-0.39, 0.29) is 42.4 Å². The number of carbonyl (C=O) groups excluding carboxylic acids is 2. The number of amides is 2. The maximum atomic E-state index is 12.1. The smallest absolute Gasteiger partial charge is 0.264 e. The highest BCUT2D eigenvalue weighted by molar-refractivity contribution is 5.78. The summed E-state index contributed by atoms with van der Waals surface area (Å²) in [6, 6.07) is 2.99. The number of nitrogens with one attached hydrogen (secondary N) is 3.